The third-order valence-corrected chi connectivity index (χ3v) is 4.30. The molecule has 0 aromatic carbocycles. The molecule has 20 heavy (non-hydrogen) atoms. The van der Waals surface area contributed by atoms with Gasteiger partial charge >= 0.3 is 0 Å². The number of carbonyl (C=O) groups is 1. The van der Waals surface area contributed by atoms with Crippen LogP contribution in [-0.4, -0.2) is 42.0 Å². The third kappa shape index (κ3) is 4.69. The second kappa shape index (κ2) is 7.91. The van der Waals surface area contributed by atoms with Gasteiger partial charge < -0.3 is 15.2 Å². The van der Waals surface area contributed by atoms with Crippen LogP contribution in [0.3, 0.4) is 0 Å². The van der Waals surface area contributed by atoms with Crippen LogP contribution in [0.15, 0.2) is 6.07 Å². The summed E-state index contributed by atoms with van der Waals surface area (Å²) in [6, 6.07) is 1.55. The minimum absolute atomic E-state index is 0.158. The van der Waals surface area contributed by atoms with Gasteiger partial charge in [-0.15, -0.1) is 0 Å². The lowest BCUT2D eigenvalue weighted by Crippen LogP contribution is -2.30. The van der Waals surface area contributed by atoms with Crippen molar-refractivity contribution in [2.75, 3.05) is 26.2 Å². The van der Waals surface area contributed by atoms with Gasteiger partial charge in [0.25, 0.3) is 5.91 Å². The molecule has 0 radical (unpaired) electrons. The fourth-order valence-corrected chi connectivity index (χ4v) is 2.80. The van der Waals surface area contributed by atoms with Crippen LogP contribution in [0.1, 0.15) is 42.6 Å². The summed E-state index contributed by atoms with van der Waals surface area (Å²) in [5, 5.41) is 3.56. The van der Waals surface area contributed by atoms with Crippen LogP contribution in [0.4, 0.5) is 0 Å². The minimum atomic E-state index is -0.158. The molecule has 1 aliphatic rings. The normalized spacial score (nSPS) is 16.9. The van der Waals surface area contributed by atoms with E-state index in [9.17, 15) is 4.79 Å². The zero-order chi connectivity index (χ0) is 14.4. The molecule has 1 aromatic heterocycles. The Balaban J connectivity index is 1.66. The van der Waals surface area contributed by atoms with Crippen LogP contribution >= 0.6 is 23.2 Å². The lowest BCUT2D eigenvalue weighted by molar-refractivity contribution is 0.0947. The molecule has 0 unspecified atom stereocenters. The largest absolute Gasteiger partial charge is 0.351 e. The Kier molecular flexibility index (Phi) is 6.20. The average Bonchev–Trinajstić information content (AvgIpc) is 2.66. The zero-order valence-corrected chi connectivity index (χ0v) is 13.1. The molecule has 0 spiro atoms. The van der Waals surface area contributed by atoms with Crippen molar-refractivity contribution < 1.29 is 4.79 Å². The number of hydrogen-bond acceptors (Lipinski definition) is 2. The summed E-state index contributed by atoms with van der Waals surface area (Å²) in [4.78, 5) is 17.1. The number of aromatic amines is 1. The Morgan fingerprint density at radius 3 is 2.55 bits per heavy atom. The summed E-state index contributed by atoms with van der Waals surface area (Å²) in [6.07, 6.45) is 6.26. The molecular formula is C14H21Cl2N3O. The number of nitrogens with one attached hydrogen (secondary N) is 2. The van der Waals surface area contributed by atoms with Gasteiger partial charge in [0.05, 0.1) is 5.02 Å². The van der Waals surface area contributed by atoms with Gasteiger partial charge in [-0.2, -0.15) is 0 Å². The van der Waals surface area contributed by atoms with Crippen molar-refractivity contribution in [1.82, 2.24) is 15.2 Å². The van der Waals surface area contributed by atoms with Crippen molar-refractivity contribution in [2.24, 2.45) is 0 Å². The van der Waals surface area contributed by atoms with Crippen LogP contribution in [0, 0.1) is 0 Å². The molecule has 1 amide bonds. The number of nitrogens with zero attached hydrogens (tertiary/aromatic N) is 1. The lowest BCUT2D eigenvalue weighted by Gasteiger charge is -2.19. The highest BCUT2D eigenvalue weighted by Gasteiger charge is 2.12. The fraction of sp³-hybridized carbons (Fsp3) is 0.643. The molecule has 2 N–H and O–H groups in total. The van der Waals surface area contributed by atoms with Gasteiger partial charge in [-0.25, -0.2) is 0 Å². The summed E-state index contributed by atoms with van der Waals surface area (Å²) < 4.78 is 0. The molecule has 6 heteroatoms. The van der Waals surface area contributed by atoms with Crippen LogP contribution < -0.4 is 5.32 Å². The van der Waals surface area contributed by atoms with Crippen LogP contribution in [0.25, 0.3) is 0 Å². The van der Waals surface area contributed by atoms with Crippen LogP contribution in [0.5, 0.6) is 0 Å². The molecule has 0 bridgehead atoms. The number of H-pyrrole nitrogens is 1. The summed E-state index contributed by atoms with van der Waals surface area (Å²) >= 11 is 11.6. The number of halogens is 2. The zero-order valence-electron chi connectivity index (χ0n) is 11.6. The van der Waals surface area contributed by atoms with E-state index in [4.69, 9.17) is 23.2 Å². The van der Waals surface area contributed by atoms with Gasteiger partial charge in [-0.3, -0.25) is 4.79 Å². The highest BCUT2D eigenvalue weighted by atomic mass is 35.5. The lowest BCUT2D eigenvalue weighted by atomic mass is 10.2. The molecule has 0 atom stereocenters. The van der Waals surface area contributed by atoms with E-state index in [0.717, 1.165) is 13.0 Å². The van der Waals surface area contributed by atoms with E-state index >= 15 is 0 Å². The van der Waals surface area contributed by atoms with Crippen molar-refractivity contribution >= 4 is 29.1 Å². The summed E-state index contributed by atoms with van der Waals surface area (Å²) in [7, 11) is 0. The van der Waals surface area contributed by atoms with E-state index in [1.54, 1.807) is 6.07 Å². The van der Waals surface area contributed by atoms with Crippen molar-refractivity contribution in [1.29, 1.82) is 0 Å². The van der Waals surface area contributed by atoms with Gasteiger partial charge in [0.2, 0.25) is 0 Å². The summed E-state index contributed by atoms with van der Waals surface area (Å²) in [5.41, 5.74) is 0.412. The number of rotatable bonds is 5. The molecule has 0 aliphatic carbocycles. The van der Waals surface area contributed by atoms with Gasteiger partial charge in [0, 0.05) is 6.54 Å². The second-order valence-electron chi connectivity index (χ2n) is 5.21. The van der Waals surface area contributed by atoms with E-state index < -0.39 is 0 Å². The van der Waals surface area contributed by atoms with Gasteiger partial charge in [-0.05, 0) is 45.0 Å². The molecular weight excluding hydrogens is 297 g/mol. The first-order valence-corrected chi connectivity index (χ1v) is 7.97. The number of likely N-dealkylation sites (tertiary alicyclic amines) is 1. The minimum Gasteiger partial charge on any atom is -0.351 e. The fourth-order valence-electron chi connectivity index (χ4n) is 2.49. The Morgan fingerprint density at radius 1 is 1.25 bits per heavy atom. The van der Waals surface area contributed by atoms with E-state index in [2.05, 4.69) is 15.2 Å². The molecule has 2 heterocycles. The van der Waals surface area contributed by atoms with Crippen LogP contribution in [-0.2, 0) is 0 Å². The van der Waals surface area contributed by atoms with Crippen molar-refractivity contribution in [3.63, 3.8) is 0 Å². The second-order valence-corrected chi connectivity index (χ2v) is 6.00. The molecule has 0 saturated carbocycles. The Labute approximate surface area is 129 Å². The standard InChI is InChI=1S/C14H21Cl2N3O/c15-11-10-12(18-13(11)16)14(20)17-6-5-9-19-7-3-1-2-4-8-19/h10,18H,1-9H2,(H,17,20). The van der Waals surface area contributed by atoms with Crippen molar-refractivity contribution in [3.8, 4) is 0 Å². The van der Waals surface area contributed by atoms with E-state index in [-0.39, 0.29) is 5.91 Å². The predicted molar refractivity (Wildman–Crippen MR) is 82.7 cm³/mol. The predicted octanol–water partition coefficient (Wildman–Crippen LogP) is 3.32. The first-order chi connectivity index (χ1) is 9.66. The van der Waals surface area contributed by atoms with Gasteiger partial charge in [0.1, 0.15) is 10.8 Å². The Hall–Kier alpha value is -0.710. The molecule has 112 valence electrons. The van der Waals surface area contributed by atoms with Crippen molar-refractivity contribution in [3.05, 3.63) is 21.9 Å². The molecule has 1 saturated heterocycles. The van der Waals surface area contributed by atoms with E-state index in [0.29, 0.717) is 22.4 Å². The maximum Gasteiger partial charge on any atom is 0.267 e. The number of amides is 1. The summed E-state index contributed by atoms with van der Waals surface area (Å²) in [5.74, 6) is -0.158. The maximum atomic E-state index is 11.8. The Bertz CT molecular complexity index is 420. The van der Waals surface area contributed by atoms with Gasteiger partial charge in [0.15, 0.2) is 0 Å². The third-order valence-electron chi connectivity index (χ3n) is 3.61. The Morgan fingerprint density at radius 2 is 1.95 bits per heavy atom. The molecule has 2 rings (SSSR count). The molecule has 1 fully saturated rings. The highest BCUT2D eigenvalue weighted by molar-refractivity contribution is 6.41. The SMILES string of the molecule is O=C(NCCCN1CCCCCC1)c1cc(Cl)c(Cl)[nH]1. The quantitative estimate of drug-likeness (QED) is 0.818. The molecule has 4 nitrogen and oxygen atoms in total. The maximum absolute atomic E-state index is 11.8. The first kappa shape index (κ1) is 15.7. The number of carbonyl (C=O) groups excluding carboxylic acids is 1. The monoisotopic (exact) mass is 317 g/mol. The molecule has 1 aliphatic heterocycles. The first-order valence-electron chi connectivity index (χ1n) is 7.21. The topological polar surface area (TPSA) is 48.1 Å². The number of hydrogen-bond donors (Lipinski definition) is 2. The highest BCUT2D eigenvalue weighted by Crippen LogP contribution is 2.21. The van der Waals surface area contributed by atoms with E-state index in [1.807, 2.05) is 0 Å². The smallest absolute Gasteiger partial charge is 0.267 e. The van der Waals surface area contributed by atoms with E-state index in [1.165, 1.54) is 38.8 Å². The summed E-state index contributed by atoms with van der Waals surface area (Å²) in [6.45, 7) is 4.10. The van der Waals surface area contributed by atoms with Gasteiger partial charge in [-0.1, -0.05) is 36.0 Å². The molecule has 1 aromatic rings. The number of aromatic nitrogens is 1. The van der Waals surface area contributed by atoms with Crippen LogP contribution in [0.2, 0.25) is 10.2 Å². The van der Waals surface area contributed by atoms with Crippen molar-refractivity contribution in [2.45, 2.75) is 32.1 Å². The average molecular weight is 318 g/mol.